The lowest BCUT2D eigenvalue weighted by Crippen LogP contribution is -2.48. The van der Waals surface area contributed by atoms with Gasteiger partial charge in [0.25, 0.3) is 11.8 Å². The lowest BCUT2D eigenvalue weighted by atomic mass is 10.0. The van der Waals surface area contributed by atoms with Crippen molar-refractivity contribution in [2.45, 2.75) is 50.8 Å². The zero-order chi connectivity index (χ0) is 27.6. The summed E-state index contributed by atoms with van der Waals surface area (Å²) < 4.78 is 37.9. The number of methoxy groups -OCH3 is 1. The van der Waals surface area contributed by atoms with Crippen LogP contribution in [0.5, 0.6) is 0 Å². The molecule has 0 saturated carbocycles. The average Bonchev–Trinajstić information content (AvgIpc) is 3.24. The number of likely N-dealkylation sites (N-methyl/N-ethyl adjacent to an activating group) is 1. The van der Waals surface area contributed by atoms with Gasteiger partial charge in [0.1, 0.15) is 5.00 Å². The minimum Gasteiger partial charge on any atom is -0.453 e. The summed E-state index contributed by atoms with van der Waals surface area (Å²) in [5.74, 6) is -1.15. The van der Waals surface area contributed by atoms with Gasteiger partial charge in [-0.15, -0.1) is 11.3 Å². The van der Waals surface area contributed by atoms with Gasteiger partial charge in [0.05, 0.1) is 29.8 Å². The number of amides is 3. The number of thiophene rings is 1. The molecule has 0 bridgehead atoms. The fourth-order valence-corrected chi connectivity index (χ4v) is 7.56. The molecule has 0 radical (unpaired) electrons. The number of hydrogen-bond donors (Lipinski definition) is 2. The average molecular weight is 565 g/mol. The van der Waals surface area contributed by atoms with Crippen LogP contribution in [0.4, 0.5) is 9.80 Å². The molecule has 3 heterocycles. The first-order valence-electron chi connectivity index (χ1n) is 12.4. The second-order valence-corrected chi connectivity index (χ2v) is 12.4. The summed E-state index contributed by atoms with van der Waals surface area (Å²) in [6.45, 7) is 8.45. The number of morpholine rings is 1. The highest BCUT2D eigenvalue weighted by Crippen LogP contribution is 2.37. The van der Waals surface area contributed by atoms with Crippen molar-refractivity contribution in [3.8, 4) is 0 Å². The molecular formula is C25H32N4O7S2. The maximum atomic E-state index is 13.1. The molecule has 11 nitrogen and oxygen atoms in total. The molecule has 0 spiro atoms. The lowest BCUT2D eigenvalue weighted by molar-refractivity contribution is -0.0440. The quantitative estimate of drug-likeness (QED) is 0.547. The Morgan fingerprint density at radius 1 is 1.11 bits per heavy atom. The van der Waals surface area contributed by atoms with E-state index in [2.05, 4.69) is 27.2 Å². The second-order valence-electron chi connectivity index (χ2n) is 9.33. The number of nitrogens with zero attached hydrogens (tertiary/aromatic N) is 2. The van der Waals surface area contributed by atoms with Crippen molar-refractivity contribution < 1.29 is 32.3 Å². The summed E-state index contributed by atoms with van der Waals surface area (Å²) in [5.41, 5.74) is 1.27. The number of carbonyl (C=O) groups excluding carboxylic acids is 3. The van der Waals surface area contributed by atoms with E-state index >= 15 is 0 Å². The minimum atomic E-state index is -3.75. The van der Waals surface area contributed by atoms with Gasteiger partial charge in [0, 0.05) is 36.6 Å². The summed E-state index contributed by atoms with van der Waals surface area (Å²) in [5, 5.41) is 5.30. The zero-order valence-electron chi connectivity index (χ0n) is 21.8. The predicted octanol–water partition coefficient (Wildman–Crippen LogP) is 2.67. The van der Waals surface area contributed by atoms with E-state index in [9.17, 15) is 22.8 Å². The van der Waals surface area contributed by atoms with E-state index in [1.165, 1.54) is 39.9 Å². The van der Waals surface area contributed by atoms with Crippen molar-refractivity contribution in [3.63, 3.8) is 0 Å². The second kappa shape index (κ2) is 11.5. The molecule has 206 valence electrons. The van der Waals surface area contributed by atoms with Crippen LogP contribution < -0.4 is 10.6 Å². The Labute approximate surface area is 226 Å². The molecule has 2 unspecified atom stereocenters. The lowest BCUT2D eigenvalue weighted by Gasteiger charge is -2.34. The Hall–Kier alpha value is -2.84. The van der Waals surface area contributed by atoms with Crippen molar-refractivity contribution >= 4 is 44.3 Å². The van der Waals surface area contributed by atoms with E-state index in [1.54, 1.807) is 0 Å². The maximum Gasteiger partial charge on any atom is 0.413 e. The molecule has 13 heteroatoms. The highest BCUT2D eigenvalue weighted by atomic mass is 32.2. The first-order chi connectivity index (χ1) is 18.0. The van der Waals surface area contributed by atoms with Gasteiger partial charge in [0.15, 0.2) is 0 Å². The molecule has 2 aliphatic rings. The van der Waals surface area contributed by atoms with Gasteiger partial charge in [-0.1, -0.05) is 6.92 Å². The van der Waals surface area contributed by atoms with E-state index < -0.39 is 27.9 Å². The maximum absolute atomic E-state index is 13.1. The van der Waals surface area contributed by atoms with Crippen molar-refractivity contribution in [1.82, 2.24) is 14.5 Å². The molecule has 2 atom stereocenters. The molecule has 3 amide bonds. The number of imide groups is 1. The molecule has 1 fully saturated rings. The molecule has 1 aromatic carbocycles. The highest BCUT2D eigenvalue weighted by molar-refractivity contribution is 7.89. The van der Waals surface area contributed by atoms with E-state index in [4.69, 9.17) is 4.74 Å². The number of rotatable bonds is 6. The standard InChI is InChI=1S/C25H32N4O7S2/c1-5-28-11-10-19-20(14-28)37-24(21(19)23(31)27-25(32)35-4)26-22(30)17-6-8-18(9-7-17)38(33,34)29-12-15(2)36-16(3)13-29/h6-9,15-16H,5,10-14H2,1-4H3,(H,26,30)(H,27,31,32). The van der Waals surface area contributed by atoms with Crippen LogP contribution >= 0.6 is 11.3 Å². The van der Waals surface area contributed by atoms with E-state index in [0.717, 1.165) is 30.6 Å². The van der Waals surface area contributed by atoms with Crippen LogP contribution in [0.15, 0.2) is 29.2 Å². The van der Waals surface area contributed by atoms with E-state index in [0.29, 0.717) is 18.0 Å². The van der Waals surface area contributed by atoms with Gasteiger partial charge in [-0.25, -0.2) is 13.2 Å². The Morgan fingerprint density at radius 2 is 1.76 bits per heavy atom. The minimum absolute atomic E-state index is 0.0831. The molecular weight excluding hydrogens is 532 g/mol. The number of benzene rings is 1. The normalized spacial score (nSPS) is 20.4. The van der Waals surface area contributed by atoms with Crippen LogP contribution in [0.2, 0.25) is 0 Å². The van der Waals surface area contributed by atoms with Gasteiger partial charge < -0.3 is 14.8 Å². The van der Waals surface area contributed by atoms with Crippen LogP contribution in [-0.4, -0.2) is 81.0 Å². The molecule has 0 aliphatic carbocycles. The van der Waals surface area contributed by atoms with Crippen molar-refractivity contribution in [2.75, 3.05) is 38.6 Å². The molecule has 2 N–H and O–H groups in total. The Morgan fingerprint density at radius 3 is 2.37 bits per heavy atom. The predicted molar refractivity (Wildman–Crippen MR) is 142 cm³/mol. The third kappa shape index (κ3) is 5.91. The van der Waals surface area contributed by atoms with Crippen molar-refractivity contribution in [2.24, 2.45) is 0 Å². The number of sulfonamides is 1. The first kappa shape index (κ1) is 28.2. The largest absolute Gasteiger partial charge is 0.453 e. The first-order valence-corrected chi connectivity index (χ1v) is 14.6. The topological polar surface area (TPSA) is 134 Å². The molecule has 38 heavy (non-hydrogen) atoms. The number of ether oxygens (including phenoxy) is 2. The highest BCUT2D eigenvalue weighted by Gasteiger charge is 2.33. The summed E-state index contributed by atoms with van der Waals surface area (Å²) >= 11 is 1.29. The number of hydrogen-bond acceptors (Lipinski definition) is 9. The number of carbonyl (C=O) groups is 3. The van der Waals surface area contributed by atoms with Gasteiger partial charge in [-0.05, 0) is 56.6 Å². The van der Waals surface area contributed by atoms with Crippen LogP contribution in [0.1, 0.15) is 51.9 Å². The van der Waals surface area contributed by atoms with Crippen LogP contribution in [0.3, 0.4) is 0 Å². The zero-order valence-corrected chi connectivity index (χ0v) is 23.4. The van der Waals surface area contributed by atoms with E-state index in [-0.39, 0.29) is 41.3 Å². The smallest absolute Gasteiger partial charge is 0.413 e. The number of nitrogens with one attached hydrogen (secondary N) is 2. The van der Waals surface area contributed by atoms with Crippen LogP contribution in [0, 0.1) is 0 Å². The summed E-state index contributed by atoms with van der Waals surface area (Å²) in [7, 11) is -2.58. The Balaban J connectivity index is 1.56. The van der Waals surface area contributed by atoms with Crippen molar-refractivity contribution in [1.29, 1.82) is 0 Å². The third-order valence-electron chi connectivity index (χ3n) is 6.58. The van der Waals surface area contributed by atoms with Gasteiger partial charge in [0.2, 0.25) is 10.0 Å². The fourth-order valence-electron chi connectivity index (χ4n) is 4.69. The van der Waals surface area contributed by atoms with Crippen molar-refractivity contribution in [3.05, 3.63) is 45.8 Å². The van der Waals surface area contributed by atoms with Gasteiger partial charge in [-0.3, -0.25) is 19.8 Å². The molecule has 1 aromatic heterocycles. The fraction of sp³-hybridized carbons (Fsp3) is 0.480. The molecule has 1 saturated heterocycles. The summed E-state index contributed by atoms with van der Waals surface area (Å²) in [6, 6.07) is 5.68. The third-order valence-corrected chi connectivity index (χ3v) is 9.56. The Kier molecular flexibility index (Phi) is 8.52. The monoisotopic (exact) mass is 564 g/mol. The summed E-state index contributed by atoms with van der Waals surface area (Å²) in [4.78, 5) is 41.0. The number of fused-ring (bicyclic) bond motifs is 1. The Bertz CT molecular complexity index is 1310. The molecule has 2 aliphatic heterocycles. The SMILES string of the molecule is CCN1CCc2c(sc(NC(=O)c3ccc(S(=O)(=O)N4CC(C)OC(C)C4)cc3)c2C(=O)NC(=O)OC)C1. The molecule has 2 aromatic rings. The van der Waals surface area contributed by atoms with Crippen LogP contribution in [0.25, 0.3) is 0 Å². The van der Waals surface area contributed by atoms with Crippen LogP contribution in [-0.2, 0) is 32.5 Å². The number of anilines is 1. The van der Waals surface area contributed by atoms with E-state index in [1.807, 2.05) is 13.8 Å². The molecule has 4 rings (SSSR count). The van der Waals surface area contributed by atoms with Gasteiger partial charge >= 0.3 is 6.09 Å². The summed E-state index contributed by atoms with van der Waals surface area (Å²) in [6.07, 6.45) is -0.723. The number of alkyl carbamates (subject to hydrolysis) is 1. The van der Waals surface area contributed by atoms with Gasteiger partial charge in [-0.2, -0.15) is 4.31 Å².